The van der Waals surface area contributed by atoms with Crippen molar-refractivity contribution >= 4 is 22.6 Å². The van der Waals surface area contributed by atoms with Crippen molar-refractivity contribution in [2.75, 3.05) is 24.2 Å². The molecule has 0 amide bonds. The normalized spacial score (nSPS) is 28.3. The number of alkyl halides is 1. The van der Waals surface area contributed by atoms with Crippen LogP contribution in [0.15, 0.2) is 0 Å². The molecular formula is C6H12INO. The average molecular weight is 241 g/mol. The second-order valence-corrected chi connectivity index (χ2v) is 3.28. The highest BCUT2D eigenvalue weighted by Crippen LogP contribution is 2.00. The summed E-state index contributed by atoms with van der Waals surface area (Å²) < 4.78 is 6.49. The van der Waals surface area contributed by atoms with E-state index in [2.05, 4.69) is 27.9 Å². The van der Waals surface area contributed by atoms with Crippen LogP contribution < -0.4 is 5.32 Å². The number of halogens is 1. The van der Waals surface area contributed by atoms with Gasteiger partial charge in [0.25, 0.3) is 0 Å². The van der Waals surface area contributed by atoms with E-state index < -0.39 is 0 Å². The van der Waals surface area contributed by atoms with Crippen LogP contribution in [0.2, 0.25) is 0 Å². The summed E-state index contributed by atoms with van der Waals surface area (Å²) in [5, 5.41) is 3.39. The largest absolute Gasteiger partial charge is 0.379 e. The highest BCUT2D eigenvalue weighted by molar-refractivity contribution is 14.1. The average Bonchev–Trinajstić information content (AvgIpc) is 1.91. The van der Waals surface area contributed by atoms with Crippen LogP contribution in [0.4, 0.5) is 0 Å². The second-order valence-electron chi connectivity index (χ2n) is 2.20. The Balaban J connectivity index is 2.08. The van der Waals surface area contributed by atoms with Gasteiger partial charge < -0.3 is 10.1 Å². The third kappa shape index (κ3) is 2.82. The fourth-order valence-electron chi connectivity index (χ4n) is 0.937. The molecule has 0 bridgehead atoms. The third-order valence-corrected chi connectivity index (χ3v) is 2.08. The first-order chi connectivity index (χ1) is 4.43. The first-order valence-corrected chi connectivity index (χ1v) is 4.83. The lowest BCUT2D eigenvalue weighted by atomic mass is 10.2. The molecule has 3 heteroatoms. The van der Waals surface area contributed by atoms with Gasteiger partial charge >= 0.3 is 0 Å². The molecule has 1 aliphatic heterocycles. The topological polar surface area (TPSA) is 21.3 Å². The Morgan fingerprint density at radius 2 is 2.56 bits per heavy atom. The highest BCUT2D eigenvalue weighted by Gasteiger charge is 2.10. The van der Waals surface area contributed by atoms with E-state index in [0.717, 1.165) is 19.8 Å². The molecule has 1 N–H and O–H groups in total. The predicted octanol–water partition coefficient (Wildman–Crippen LogP) is 0.800. The fraction of sp³-hybridized carbons (Fsp3) is 1.00. The molecule has 1 unspecified atom stereocenters. The van der Waals surface area contributed by atoms with Gasteiger partial charge in [-0.3, -0.25) is 0 Å². The van der Waals surface area contributed by atoms with Gasteiger partial charge in [-0.1, -0.05) is 22.6 Å². The smallest absolute Gasteiger partial charge is 0.0620 e. The van der Waals surface area contributed by atoms with E-state index in [-0.39, 0.29) is 0 Å². The molecule has 2 nitrogen and oxygen atoms in total. The lowest BCUT2D eigenvalue weighted by molar-refractivity contribution is 0.0763. The molecule has 0 aliphatic carbocycles. The summed E-state index contributed by atoms with van der Waals surface area (Å²) in [4.78, 5) is 0. The zero-order valence-electron chi connectivity index (χ0n) is 5.40. The maximum absolute atomic E-state index is 5.27. The van der Waals surface area contributed by atoms with E-state index in [9.17, 15) is 0 Å². The Morgan fingerprint density at radius 3 is 3.11 bits per heavy atom. The number of hydrogen-bond donors (Lipinski definition) is 1. The summed E-state index contributed by atoms with van der Waals surface area (Å²) in [6, 6.07) is 0.621. The summed E-state index contributed by atoms with van der Waals surface area (Å²) >= 11 is 2.39. The van der Waals surface area contributed by atoms with Crippen molar-refractivity contribution < 1.29 is 4.74 Å². The zero-order chi connectivity index (χ0) is 6.53. The minimum absolute atomic E-state index is 0.621. The fourth-order valence-corrected chi connectivity index (χ4v) is 1.69. The van der Waals surface area contributed by atoms with Crippen molar-refractivity contribution in [1.82, 2.24) is 5.32 Å². The second kappa shape index (κ2) is 4.46. The number of rotatable bonds is 2. The van der Waals surface area contributed by atoms with Gasteiger partial charge in [0, 0.05) is 17.0 Å². The van der Waals surface area contributed by atoms with Crippen LogP contribution >= 0.6 is 22.6 Å². The van der Waals surface area contributed by atoms with E-state index in [1.54, 1.807) is 0 Å². The monoisotopic (exact) mass is 241 g/mol. The van der Waals surface area contributed by atoms with Crippen LogP contribution in [0.25, 0.3) is 0 Å². The minimum Gasteiger partial charge on any atom is -0.379 e. The van der Waals surface area contributed by atoms with Crippen molar-refractivity contribution in [3.63, 3.8) is 0 Å². The van der Waals surface area contributed by atoms with Gasteiger partial charge in [0.2, 0.25) is 0 Å². The van der Waals surface area contributed by atoms with Crippen molar-refractivity contribution in [3.8, 4) is 0 Å². The van der Waals surface area contributed by atoms with Gasteiger partial charge in [0.05, 0.1) is 13.2 Å². The summed E-state index contributed by atoms with van der Waals surface area (Å²) in [7, 11) is 0. The number of ether oxygens (including phenoxy) is 1. The molecule has 1 atom stereocenters. The Bertz CT molecular complexity index is 70.7. The molecule has 1 aliphatic rings. The van der Waals surface area contributed by atoms with Crippen LogP contribution in [-0.2, 0) is 4.74 Å². The number of nitrogens with one attached hydrogen (secondary N) is 1. The summed E-state index contributed by atoms with van der Waals surface area (Å²) in [6.45, 7) is 2.82. The van der Waals surface area contributed by atoms with Crippen LogP contribution in [0, 0.1) is 0 Å². The molecular weight excluding hydrogens is 229 g/mol. The van der Waals surface area contributed by atoms with E-state index in [1.807, 2.05) is 0 Å². The minimum atomic E-state index is 0.621. The van der Waals surface area contributed by atoms with Gasteiger partial charge in [-0.15, -0.1) is 0 Å². The predicted molar refractivity (Wildman–Crippen MR) is 46.1 cm³/mol. The number of hydrogen-bond acceptors (Lipinski definition) is 2. The molecule has 1 rings (SSSR count). The Hall–Kier alpha value is 0.650. The van der Waals surface area contributed by atoms with Crippen molar-refractivity contribution in [3.05, 3.63) is 0 Å². The molecule has 0 spiro atoms. The highest BCUT2D eigenvalue weighted by atomic mass is 127. The molecule has 1 fully saturated rings. The van der Waals surface area contributed by atoms with E-state index >= 15 is 0 Å². The van der Waals surface area contributed by atoms with Gasteiger partial charge in [-0.25, -0.2) is 0 Å². The Morgan fingerprint density at radius 1 is 1.67 bits per heavy atom. The van der Waals surface area contributed by atoms with Crippen molar-refractivity contribution in [2.45, 2.75) is 12.5 Å². The van der Waals surface area contributed by atoms with Gasteiger partial charge in [0.15, 0.2) is 0 Å². The van der Waals surface area contributed by atoms with Crippen LogP contribution in [0.3, 0.4) is 0 Å². The van der Waals surface area contributed by atoms with Crippen molar-refractivity contribution in [2.24, 2.45) is 0 Å². The summed E-state index contributed by atoms with van der Waals surface area (Å²) in [5.41, 5.74) is 0. The molecule has 1 heterocycles. The Kier molecular flexibility index (Phi) is 3.85. The first-order valence-electron chi connectivity index (χ1n) is 3.30. The molecule has 54 valence electrons. The van der Waals surface area contributed by atoms with E-state index in [0.29, 0.717) is 6.04 Å². The van der Waals surface area contributed by atoms with Crippen molar-refractivity contribution in [1.29, 1.82) is 0 Å². The lowest BCUT2D eigenvalue weighted by Crippen LogP contribution is -2.41. The van der Waals surface area contributed by atoms with E-state index in [4.69, 9.17) is 4.74 Å². The SMILES string of the molecule is ICCC1COCCN1. The molecule has 9 heavy (non-hydrogen) atoms. The standard InChI is InChI=1S/C6H12INO/c7-2-1-6-5-9-4-3-8-6/h6,8H,1-5H2. The van der Waals surface area contributed by atoms with Crippen LogP contribution in [-0.4, -0.2) is 30.2 Å². The molecule has 0 saturated carbocycles. The van der Waals surface area contributed by atoms with Crippen LogP contribution in [0.1, 0.15) is 6.42 Å². The first kappa shape index (κ1) is 7.75. The van der Waals surface area contributed by atoms with Crippen LogP contribution in [0.5, 0.6) is 0 Å². The molecule has 0 aromatic heterocycles. The maximum Gasteiger partial charge on any atom is 0.0620 e. The molecule has 0 radical (unpaired) electrons. The van der Waals surface area contributed by atoms with Gasteiger partial charge in [-0.05, 0) is 6.42 Å². The molecule has 1 saturated heterocycles. The Labute approximate surface area is 69.5 Å². The lowest BCUT2D eigenvalue weighted by Gasteiger charge is -2.22. The van der Waals surface area contributed by atoms with E-state index in [1.165, 1.54) is 10.8 Å². The zero-order valence-corrected chi connectivity index (χ0v) is 7.56. The summed E-state index contributed by atoms with van der Waals surface area (Å²) in [5.74, 6) is 0. The van der Waals surface area contributed by atoms with Gasteiger partial charge in [-0.2, -0.15) is 0 Å². The summed E-state index contributed by atoms with van der Waals surface area (Å²) in [6.07, 6.45) is 1.24. The number of morpholine rings is 1. The quantitative estimate of drug-likeness (QED) is 0.570. The third-order valence-electron chi connectivity index (χ3n) is 1.46. The molecule has 0 aromatic rings. The van der Waals surface area contributed by atoms with Gasteiger partial charge in [0.1, 0.15) is 0 Å². The maximum atomic E-state index is 5.27. The molecule has 0 aromatic carbocycles.